The zero-order valence-corrected chi connectivity index (χ0v) is 11.5. The van der Waals surface area contributed by atoms with Gasteiger partial charge in [-0.15, -0.1) is 0 Å². The summed E-state index contributed by atoms with van der Waals surface area (Å²) in [4.78, 5) is 33.6. The first-order valence-electron chi connectivity index (χ1n) is 6.53. The fourth-order valence-electron chi connectivity index (χ4n) is 1.76. The summed E-state index contributed by atoms with van der Waals surface area (Å²) in [6.07, 6.45) is 0.708. The SMILES string of the molecule is NC(=O)CC[C@H](NC(=O)CCc1ccc(O)cc1)C(N)=O. The maximum Gasteiger partial charge on any atom is 0.240 e. The van der Waals surface area contributed by atoms with E-state index >= 15 is 0 Å². The molecule has 3 amide bonds. The smallest absolute Gasteiger partial charge is 0.240 e. The van der Waals surface area contributed by atoms with Crippen LogP contribution in [-0.2, 0) is 20.8 Å². The summed E-state index contributed by atoms with van der Waals surface area (Å²) in [5.41, 5.74) is 11.0. The largest absolute Gasteiger partial charge is 0.508 e. The van der Waals surface area contributed by atoms with Gasteiger partial charge in [0.15, 0.2) is 0 Å². The standard InChI is InChI=1S/C14H19N3O4/c15-12(19)7-6-11(14(16)21)17-13(20)8-3-9-1-4-10(18)5-2-9/h1-2,4-5,11,18H,3,6-8H2,(H2,15,19)(H2,16,21)(H,17,20)/t11-/m0/s1. The molecule has 0 aliphatic heterocycles. The number of aromatic hydroxyl groups is 1. The lowest BCUT2D eigenvalue weighted by Gasteiger charge is -2.14. The van der Waals surface area contributed by atoms with E-state index in [9.17, 15) is 14.4 Å². The molecule has 7 nitrogen and oxygen atoms in total. The lowest BCUT2D eigenvalue weighted by molar-refractivity contribution is -0.128. The Kier molecular flexibility index (Phi) is 6.19. The van der Waals surface area contributed by atoms with E-state index in [4.69, 9.17) is 16.6 Å². The van der Waals surface area contributed by atoms with Crippen LogP contribution in [0.4, 0.5) is 0 Å². The third kappa shape index (κ3) is 6.42. The van der Waals surface area contributed by atoms with E-state index in [1.54, 1.807) is 12.1 Å². The molecule has 1 atom stereocenters. The van der Waals surface area contributed by atoms with Crippen LogP contribution in [0.2, 0.25) is 0 Å². The number of rotatable bonds is 8. The highest BCUT2D eigenvalue weighted by Gasteiger charge is 2.18. The molecule has 0 spiro atoms. The molecule has 0 radical (unpaired) electrons. The second kappa shape index (κ2) is 7.88. The van der Waals surface area contributed by atoms with Crippen LogP contribution in [0.1, 0.15) is 24.8 Å². The average molecular weight is 293 g/mol. The molecular weight excluding hydrogens is 274 g/mol. The van der Waals surface area contributed by atoms with Crippen LogP contribution < -0.4 is 16.8 Å². The molecule has 0 saturated heterocycles. The van der Waals surface area contributed by atoms with Crippen LogP contribution in [0.5, 0.6) is 5.75 Å². The number of carbonyl (C=O) groups is 3. The number of primary amides is 2. The van der Waals surface area contributed by atoms with Crippen LogP contribution in [0, 0.1) is 0 Å². The van der Waals surface area contributed by atoms with Gasteiger partial charge in [0.25, 0.3) is 0 Å². The molecule has 0 saturated carbocycles. The number of amides is 3. The Morgan fingerprint density at radius 2 is 1.71 bits per heavy atom. The van der Waals surface area contributed by atoms with Crippen molar-refractivity contribution in [3.8, 4) is 5.75 Å². The number of nitrogens with two attached hydrogens (primary N) is 2. The lowest BCUT2D eigenvalue weighted by atomic mass is 10.1. The molecular formula is C14H19N3O4. The highest BCUT2D eigenvalue weighted by Crippen LogP contribution is 2.11. The van der Waals surface area contributed by atoms with E-state index < -0.39 is 17.9 Å². The number of hydrogen-bond donors (Lipinski definition) is 4. The predicted molar refractivity (Wildman–Crippen MR) is 76.0 cm³/mol. The minimum atomic E-state index is -0.898. The Balaban J connectivity index is 2.44. The van der Waals surface area contributed by atoms with E-state index in [0.717, 1.165) is 5.56 Å². The van der Waals surface area contributed by atoms with Gasteiger partial charge >= 0.3 is 0 Å². The molecule has 7 heteroatoms. The zero-order valence-electron chi connectivity index (χ0n) is 11.5. The number of aryl methyl sites for hydroxylation is 1. The number of phenols is 1. The van der Waals surface area contributed by atoms with Crippen molar-refractivity contribution in [2.75, 3.05) is 0 Å². The Bertz CT molecular complexity index is 513. The van der Waals surface area contributed by atoms with Crippen LogP contribution in [0.3, 0.4) is 0 Å². The molecule has 1 aromatic rings. The normalized spacial score (nSPS) is 11.6. The molecule has 0 bridgehead atoms. The molecule has 0 fully saturated rings. The molecule has 21 heavy (non-hydrogen) atoms. The van der Waals surface area contributed by atoms with Crippen molar-refractivity contribution < 1.29 is 19.5 Å². The van der Waals surface area contributed by atoms with Gasteiger partial charge in [0.2, 0.25) is 17.7 Å². The van der Waals surface area contributed by atoms with E-state index in [1.165, 1.54) is 12.1 Å². The maximum atomic E-state index is 11.8. The molecule has 1 aromatic carbocycles. The fraction of sp³-hybridized carbons (Fsp3) is 0.357. The number of benzene rings is 1. The lowest BCUT2D eigenvalue weighted by Crippen LogP contribution is -2.45. The number of phenolic OH excluding ortho intramolecular Hbond substituents is 1. The zero-order chi connectivity index (χ0) is 15.8. The predicted octanol–water partition coefficient (Wildman–Crippen LogP) is -0.440. The molecule has 1 rings (SSSR count). The van der Waals surface area contributed by atoms with Gasteiger partial charge in [-0.05, 0) is 30.5 Å². The van der Waals surface area contributed by atoms with Gasteiger partial charge in [0, 0.05) is 12.8 Å². The molecule has 0 aromatic heterocycles. The summed E-state index contributed by atoms with van der Waals surface area (Å²) >= 11 is 0. The summed E-state index contributed by atoms with van der Waals surface area (Å²) in [6, 6.07) is 5.59. The fourth-order valence-corrected chi connectivity index (χ4v) is 1.76. The first-order valence-corrected chi connectivity index (χ1v) is 6.53. The van der Waals surface area contributed by atoms with Crippen molar-refractivity contribution in [1.82, 2.24) is 5.32 Å². The van der Waals surface area contributed by atoms with E-state index in [0.29, 0.717) is 6.42 Å². The summed E-state index contributed by atoms with van der Waals surface area (Å²) < 4.78 is 0. The molecule has 0 aliphatic rings. The molecule has 0 aliphatic carbocycles. The minimum Gasteiger partial charge on any atom is -0.508 e. The second-order valence-electron chi connectivity index (χ2n) is 4.69. The molecule has 0 heterocycles. The quantitative estimate of drug-likeness (QED) is 0.516. The van der Waals surface area contributed by atoms with Gasteiger partial charge in [0.05, 0.1) is 0 Å². The Morgan fingerprint density at radius 1 is 1.10 bits per heavy atom. The van der Waals surface area contributed by atoms with Gasteiger partial charge in [-0.1, -0.05) is 12.1 Å². The molecule has 114 valence electrons. The molecule has 0 unspecified atom stereocenters. The van der Waals surface area contributed by atoms with Crippen LogP contribution in [0.15, 0.2) is 24.3 Å². The summed E-state index contributed by atoms with van der Waals surface area (Å²) in [7, 11) is 0. The topological polar surface area (TPSA) is 136 Å². The third-order valence-electron chi connectivity index (χ3n) is 2.94. The molecule has 6 N–H and O–H groups in total. The summed E-state index contributed by atoms with van der Waals surface area (Å²) in [6.45, 7) is 0. The van der Waals surface area contributed by atoms with Crippen molar-refractivity contribution in [2.24, 2.45) is 11.5 Å². The van der Waals surface area contributed by atoms with Gasteiger partial charge in [-0.2, -0.15) is 0 Å². The second-order valence-corrected chi connectivity index (χ2v) is 4.69. The van der Waals surface area contributed by atoms with Crippen molar-refractivity contribution in [2.45, 2.75) is 31.7 Å². The summed E-state index contributed by atoms with van der Waals surface area (Å²) in [5, 5.41) is 11.6. The minimum absolute atomic E-state index is 0.0220. The van der Waals surface area contributed by atoms with E-state index in [2.05, 4.69) is 5.32 Å². The van der Waals surface area contributed by atoms with Gasteiger partial charge in [0.1, 0.15) is 11.8 Å². The van der Waals surface area contributed by atoms with Gasteiger partial charge in [-0.25, -0.2) is 0 Å². The number of nitrogens with one attached hydrogen (secondary N) is 1. The van der Waals surface area contributed by atoms with Crippen LogP contribution in [0.25, 0.3) is 0 Å². The van der Waals surface area contributed by atoms with E-state index in [-0.39, 0.29) is 30.9 Å². The maximum absolute atomic E-state index is 11.8. The van der Waals surface area contributed by atoms with Crippen molar-refractivity contribution in [1.29, 1.82) is 0 Å². The van der Waals surface area contributed by atoms with Gasteiger partial charge in [-0.3, -0.25) is 14.4 Å². The van der Waals surface area contributed by atoms with Crippen molar-refractivity contribution >= 4 is 17.7 Å². The monoisotopic (exact) mass is 293 g/mol. The first kappa shape index (κ1) is 16.5. The van der Waals surface area contributed by atoms with Crippen molar-refractivity contribution in [3.63, 3.8) is 0 Å². The highest BCUT2D eigenvalue weighted by molar-refractivity contribution is 5.87. The van der Waals surface area contributed by atoms with Crippen LogP contribution >= 0.6 is 0 Å². The Morgan fingerprint density at radius 3 is 2.24 bits per heavy atom. The first-order chi connectivity index (χ1) is 9.88. The Hall–Kier alpha value is -2.57. The number of hydrogen-bond acceptors (Lipinski definition) is 4. The highest BCUT2D eigenvalue weighted by atomic mass is 16.3. The van der Waals surface area contributed by atoms with Crippen LogP contribution in [-0.4, -0.2) is 28.9 Å². The Labute approximate surface area is 122 Å². The van der Waals surface area contributed by atoms with Gasteiger partial charge < -0.3 is 21.9 Å². The summed E-state index contributed by atoms with van der Waals surface area (Å²) in [5.74, 6) is -1.44. The third-order valence-corrected chi connectivity index (χ3v) is 2.94. The number of carbonyl (C=O) groups excluding carboxylic acids is 3. The van der Waals surface area contributed by atoms with Crippen molar-refractivity contribution in [3.05, 3.63) is 29.8 Å². The van der Waals surface area contributed by atoms with E-state index in [1.807, 2.05) is 0 Å². The average Bonchev–Trinajstić information content (AvgIpc) is 2.42.